The third-order valence-electron chi connectivity index (χ3n) is 10.6. The lowest BCUT2D eigenvalue weighted by atomic mass is 9.52. The zero-order chi connectivity index (χ0) is 40.8. The lowest BCUT2D eigenvalue weighted by Crippen LogP contribution is -2.63. The highest BCUT2D eigenvalue weighted by Crippen LogP contribution is 2.53. The Morgan fingerprint density at radius 2 is 1.66 bits per heavy atom. The maximum atomic E-state index is 13.9. The molecule has 56 heavy (non-hydrogen) atoms. The van der Waals surface area contributed by atoms with Gasteiger partial charge in [-0.1, -0.05) is 72.7 Å². The molecular weight excluding hydrogens is 750 g/mol. The first-order valence-electron chi connectivity index (χ1n) is 19.3. The molecule has 3 unspecified atom stereocenters. The number of hydrogen-bond donors (Lipinski definition) is 4. The van der Waals surface area contributed by atoms with E-state index in [0.29, 0.717) is 37.4 Å². The Morgan fingerprint density at radius 3 is 2.27 bits per heavy atom. The minimum absolute atomic E-state index is 0.0625. The number of benzene rings is 2. The maximum absolute atomic E-state index is 13.9. The van der Waals surface area contributed by atoms with E-state index >= 15 is 0 Å². The van der Waals surface area contributed by atoms with E-state index in [1.54, 1.807) is 35.6 Å². The zero-order valence-corrected chi connectivity index (χ0v) is 35.6. The van der Waals surface area contributed by atoms with Crippen LogP contribution < -0.4 is 20.7 Å². The molecule has 1 saturated carbocycles. The van der Waals surface area contributed by atoms with Crippen LogP contribution in [-0.2, 0) is 25.7 Å². The zero-order valence-electron chi connectivity index (χ0n) is 33.9. The monoisotopic (exact) mass is 807 g/mol. The molecule has 2 aromatic carbocycles. The summed E-state index contributed by atoms with van der Waals surface area (Å²) in [6.07, 6.45) is 2.65. The molecule has 1 saturated heterocycles. The Morgan fingerprint density at radius 1 is 1.00 bits per heavy atom. The van der Waals surface area contributed by atoms with Gasteiger partial charge in [-0.15, -0.1) is 11.3 Å². The first-order chi connectivity index (χ1) is 26.4. The number of aromatic nitrogens is 1. The van der Waals surface area contributed by atoms with Gasteiger partial charge < -0.3 is 35.2 Å². The highest BCUT2D eigenvalue weighted by atomic mass is 32.1. The summed E-state index contributed by atoms with van der Waals surface area (Å²) in [6, 6.07) is 13.4. The highest BCUT2D eigenvalue weighted by Gasteiger charge is 2.53. The van der Waals surface area contributed by atoms with Gasteiger partial charge in [0.25, 0.3) is 5.91 Å². The largest absolute Gasteiger partial charge is 0.494 e. The molecule has 5 rings (SSSR count). The Labute approximate surface area is 336 Å². The summed E-state index contributed by atoms with van der Waals surface area (Å²) < 4.78 is 11.5. The van der Waals surface area contributed by atoms with Crippen molar-refractivity contribution in [3.63, 3.8) is 0 Å². The molecule has 3 aromatic rings. The van der Waals surface area contributed by atoms with E-state index in [4.69, 9.17) is 9.47 Å². The molecule has 12 nitrogen and oxygen atoms in total. The molecule has 1 aliphatic heterocycles. The van der Waals surface area contributed by atoms with Gasteiger partial charge in [-0.05, 0) is 77.8 Å². The standard InChI is InChI=1S/C42H58N5O7PS/c1-27-34(56-25-44-27)29-13-11-28(12-14-29)21-43-37(50)32-23-55(52)26-47(32)38(51)35(40(2,3)4)45-33(48)22-53-19-9-10-20-54-31-17-15-30(16-18-31)36(49)46-39-41(5,6)24-42(39,7)8/h11-18,25,32,35,39,52H,9-10,19-24,26H2,1-8H3,(H,43,50)(H,45,48)(H,46,49). The molecule has 0 bridgehead atoms. The molecule has 0 radical (unpaired) electrons. The molecule has 2 aliphatic rings. The molecule has 3 atom stereocenters. The molecule has 2 fully saturated rings. The van der Waals surface area contributed by atoms with Gasteiger partial charge >= 0.3 is 0 Å². The van der Waals surface area contributed by atoms with Gasteiger partial charge in [-0.2, -0.15) is 0 Å². The van der Waals surface area contributed by atoms with E-state index in [1.165, 1.54) is 4.90 Å². The summed E-state index contributed by atoms with van der Waals surface area (Å²) in [5.74, 6) is -0.606. The summed E-state index contributed by atoms with van der Waals surface area (Å²) >= 11 is 1.58. The van der Waals surface area contributed by atoms with Crippen molar-refractivity contribution in [1.82, 2.24) is 25.8 Å². The quantitative estimate of drug-likeness (QED) is 0.0977. The predicted octanol–water partition coefficient (Wildman–Crippen LogP) is 6.25. The summed E-state index contributed by atoms with van der Waals surface area (Å²) in [6.45, 7) is 17.1. The van der Waals surface area contributed by atoms with Crippen LogP contribution in [0.3, 0.4) is 0 Å². The Bertz CT molecular complexity index is 1830. The van der Waals surface area contributed by atoms with Crippen molar-refractivity contribution in [2.45, 2.75) is 99.3 Å². The van der Waals surface area contributed by atoms with Crippen LogP contribution in [0.1, 0.15) is 89.3 Å². The fourth-order valence-corrected chi connectivity index (χ4v) is 10.4. The van der Waals surface area contributed by atoms with Crippen molar-refractivity contribution < 1.29 is 33.5 Å². The van der Waals surface area contributed by atoms with Crippen LogP contribution in [-0.4, -0.2) is 88.8 Å². The average Bonchev–Trinajstić information content (AvgIpc) is 3.75. The van der Waals surface area contributed by atoms with E-state index in [0.717, 1.165) is 28.1 Å². The topological polar surface area (TPSA) is 159 Å². The molecule has 4 amide bonds. The van der Waals surface area contributed by atoms with E-state index in [9.17, 15) is 24.1 Å². The Kier molecular flexibility index (Phi) is 14.0. The first-order valence-corrected chi connectivity index (χ1v) is 21.8. The van der Waals surface area contributed by atoms with Crippen molar-refractivity contribution in [2.24, 2.45) is 16.2 Å². The predicted molar refractivity (Wildman–Crippen MR) is 220 cm³/mol. The fraction of sp³-hybridized carbons (Fsp3) is 0.548. The number of ether oxygens (including phenoxy) is 2. The number of thiazole rings is 1. The molecule has 2 heterocycles. The number of aryl methyl sites for hydroxylation is 1. The van der Waals surface area contributed by atoms with Gasteiger partial charge in [-0.3, -0.25) is 19.2 Å². The third-order valence-corrected chi connectivity index (χ3v) is 12.9. The summed E-state index contributed by atoms with van der Waals surface area (Å²) in [5, 5.41) is 8.97. The number of amides is 4. The number of unbranched alkanes of at least 4 members (excludes halogenated alkanes) is 1. The van der Waals surface area contributed by atoms with Gasteiger partial charge in [-0.25, -0.2) is 4.98 Å². The van der Waals surface area contributed by atoms with Gasteiger partial charge in [0.2, 0.25) is 17.7 Å². The van der Waals surface area contributed by atoms with Crippen molar-refractivity contribution in [3.8, 4) is 16.2 Å². The van der Waals surface area contributed by atoms with Crippen molar-refractivity contribution in [3.05, 3.63) is 70.9 Å². The van der Waals surface area contributed by atoms with Gasteiger partial charge in [0.05, 0.1) is 29.0 Å². The van der Waals surface area contributed by atoms with Crippen LogP contribution in [0.2, 0.25) is 0 Å². The second-order valence-electron chi connectivity index (χ2n) is 17.4. The van der Waals surface area contributed by atoms with Crippen molar-refractivity contribution >= 4 is 43.1 Å². The fourth-order valence-electron chi connectivity index (χ4n) is 8.03. The molecule has 1 aliphatic carbocycles. The van der Waals surface area contributed by atoms with Crippen LogP contribution in [0, 0.1) is 23.2 Å². The minimum atomic E-state index is -1.55. The smallest absolute Gasteiger partial charge is 0.251 e. The molecule has 304 valence electrons. The molecule has 4 N–H and O–H groups in total. The van der Waals surface area contributed by atoms with Crippen molar-refractivity contribution in [2.75, 3.05) is 32.3 Å². The Hall–Kier alpha value is -3.90. The Balaban J connectivity index is 1.02. The van der Waals surface area contributed by atoms with Crippen LogP contribution in [0.15, 0.2) is 54.0 Å². The summed E-state index contributed by atoms with van der Waals surface area (Å²) in [7, 11) is -1.55. The molecule has 1 aromatic heterocycles. The molecule has 14 heteroatoms. The number of nitrogens with one attached hydrogen (secondary N) is 3. The van der Waals surface area contributed by atoms with Crippen LogP contribution in [0.5, 0.6) is 5.75 Å². The summed E-state index contributed by atoms with van der Waals surface area (Å²) in [5.41, 5.74) is 4.83. The number of nitrogens with zero attached hydrogens (tertiary/aromatic N) is 2. The molecule has 0 spiro atoms. The number of rotatable bonds is 16. The van der Waals surface area contributed by atoms with E-state index in [-0.39, 0.29) is 54.3 Å². The van der Waals surface area contributed by atoms with Crippen LogP contribution in [0.4, 0.5) is 0 Å². The SMILES string of the molecule is Cc1ncsc1-c1ccc(CNC(=O)C2CP(O)CN2C(=O)C(NC(=O)COCCCCOc2ccc(C(=O)NC3C(C)(C)CC3(C)C)cc2)C(C)(C)C)cc1. The van der Waals surface area contributed by atoms with Gasteiger partial charge in [0, 0.05) is 39.1 Å². The lowest BCUT2D eigenvalue weighted by Gasteiger charge is -2.57. The van der Waals surface area contributed by atoms with Crippen LogP contribution >= 0.6 is 19.5 Å². The van der Waals surface area contributed by atoms with E-state index in [1.807, 2.05) is 57.5 Å². The molecular formula is C42H58N5O7PS. The van der Waals surface area contributed by atoms with Crippen LogP contribution in [0.25, 0.3) is 10.4 Å². The average molecular weight is 808 g/mol. The normalized spacial score (nSPS) is 19.5. The minimum Gasteiger partial charge on any atom is -0.494 e. The van der Waals surface area contributed by atoms with E-state index in [2.05, 4.69) is 48.6 Å². The van der Waals surface area contributed by atoms with Gasteiger partial charge in [0.1, 0.15) is 24.4 Å². The third kappa shape index (κ3) is 10.9. The first kappa shape index (κ1) is 43.2. The highest BCUT2D eigenvalue weighted by molar-refractivity contribution is 7.52. The summed E-state index contributed by atoms with van der Waals surface area (Å²) in [4.78, 5) is 70.5. The lowest BCUT2D eigenvalue weighted by molar-refractivity contribution is -0.144. The second kappa shape index (κ2) is 18.1. The number of carbonyl (C=O) groups excluding carboxylic acids is 4. The van der Waals surface area contributed by atoms with E-state index < -0.39 is 37.5 Å². The second-order valence-corrected chi connectivity index (χ2v) is 19.9. The number of carbonyl (C=O) groups is 4. The number of hydrogen-bond acceptors (Lipinski definition) is 9. The van der Waals surface area contributed by atoms with Crippen molar-refractivity contribution in [1.29, 1.82) is 0 Å². The maximum Gasteiger partial charge on any atom is 0.251 e. The van der Waals surface area contributed by atoms with Gasteiger partial charge in [0.15, 0.2) is 0 Å².